The lowest BCUT2D eigenvalue weighted by Crippen LogP contribution is -2.62. The molecule has 0 radical (unpaired) electrons. The Hall–Kier alpha value is -2.45. The van der Waals surface area contributed by atoms with Gasteiger partial charge in [-0.3, -0.25) is 19.3 Å². The zero-order valence-electron chi connectivity index (χ0n) is 23.2. The maximum atomic E-state index is 13.8. The van der Waals surface area contributed by atoms with E-state index in [2.05, 4.69) is 10.6 Å². The van der Waals surface area contributed by atoms with Gasteiger partial charge in [-0.1, -0.05) is 78.8 Å². The highest BCUT2D eigenvalue weighted by Crippen LogP contribution is 2.29. The van der Waals surface area contributed by atoms with Gasteiger partial charge in [0.15, 0.2) is 0 Å². The summed E-state index contributed by atoms with van der Waals surface area (Å²) < 4.78 is 0. The molecule has 1 rings (SSSR count). The fourth-order valence-electron chi connectivity index (χ4n) is 4.49. The highest BCUT2D eigenvalue weighted by Gasteiger charge is 2.41. The lowest BCUT2D eigenvalue weighted by Gasteiger charge is -2.41. The highest BCUT2D eigenvalue weighted by atomic mass is 16.4. The molecule has 0 aromatic heterocycles. The number of rotatable bonds is 12. The molecule has 1 aromatic carbocycles. The van der Waals surface area contributed by atoms with E-state index in [0.717, 1.165) is 5.56 Å². The van der Waals surface area contributed by atoms with Gasteiger partial charge in [0, 0.05) is 25.0 Å². The van der Waals surface area contributed by atoms with Gasteiger partial charge in [-0.2, -0.15) is 0 Å². The first-order chi connectivity index (χ1) is 16.0. The number of nitrogens with one attached hydrogen (secondary N) is 2. The topological polar surface area (TPSA) is 102 Å². The fraction of sp³-hybridized carbons (Fsp3) is 0.667. The molecule has 198 valence electrons. The summed E-state index contributed by atoms with van der Waals surface area (Å²) in [7, 11) is 5.21. The van der Waals surface area contributed by atoms with Crippen LogP contribution in [0, 0.1) is 11.3 Å². The maximum Gasteiger partial charge on any atom is 0.317 e. The standard InChI is InChI=1S/C27H46N4O4/c1-18(2)20(16-30(9)17-21(32)33)31(10)25(35)23(26(3,4)5)29-24(34)22(28-8)27(6,7)19-14-12-11-13-15-19/h11-15,18,20,22-23,28H,16-17H2,1-10H3,(H,29,34)(H,32,33)/t20-,22?,23-/m1/s1. The predicted molar refractivity (Wildman–Crippen MR) is 140 cm³/mol. The zero-order chi connectivity index (χ0) is 27.1. The lowest BCUT2D eigenvalue weighted by atomic mass is 9.76. The Kier molecular flexibility index (Phi) is 10.9. The average molecular weight is 491 g/mol. The van der Waals surface area contributed by atoms with Crippen LogP contribution < -0.4 is 10.6 Å². The van der Waals surface area contributed by atoms with Crippen molar-refractivity contribution in [3.8, 4) is 0 Å². The molecule has 1 aromatic rings. The Labute approximate surface area is 211 Å². The number of likely N-dealkylation sites (N-methyl/N-ethyl adjacent to an activating group) is 3. The Balaban J connectivity index is 3.19. The first kappa shape index (κ1) is 30.6. The van der Waals surface area contributed by atoms with Crippen molar-refractivity contribution in [2.75, 3.05) is 34.2 Å². The van der Waals surface area contributed by atoms with Crippen molar-refractivity contribution in [1.82, 2.24) is 20.4 Å². The van der Waals surface area contributed by atoms with Crippen LogP contribution >= 0.6 is 0 Å². The Morgan fingerprint density at radius 3 is 1.94 bits per heavy atom. The van der Waals surface area contributed by atoms with E-state index < -0.39 is 28.9 Å². The quantitative estimate of drug-likeness (QED) is 0.416. The molecule has 0 fully saturated rings. The highest BCUT2D eigenvalue weighted by molar-refractivity contribution is 5.91. The number of carboxylic acids is 1. The van der Waals surface area contributed by atoms with Gasteiger partial charge in [-0.25, -0.2) is 0 Å². The average Bonchev–Trinajstić information content (AvgIpc) is 2.74. The fourth-order valence-corrected chi connectivity index (χ4v) is 4.49. The largest absolute Gasteiger partial charge is 0.480 e. The number of hydrogen-bond donors (Lipinski definition) is 3. The van der Waals surface area contributed by atoms with Crippen molar-refractivity contribution >= 4 is 17.8 Å². The Morgan fingerprint density at radius 2 is 1.51 bits per heavy atom. The maximum absolute atomic E-state index is 13.8. The molecular formula is C27H46N4O4. The zero-order valence-corrected chi connectivity index (χ0v) is 23.2. The summed E-state index contributed by atoms with van der Waals surface area (Å²) in [5.74, 6) is -1.26. The molecule has 0 aliphatic heterocycles. The van der Waals surface area contributed by atoms with E-state index in [1.807, 2.05) is 78.8 Å². The number of amides is 2. The number of hydrogen-bond acceptors (Lipinski definition) is 5. The van der Waals surface area contributed by atoms with Crippen molar-refractivity contribution in [3.05, 3.63) is 35.9 Å². The van der Waals surface area contributed by atoms with Crippen LogP contribution in [0.25, 0.3) is 0 Å². The van der Waals surface area contributed by atoms with Gasteiger partial charge in [-0.15, -0.1) is 0 Å². The van der Waals surface area contributed by atoms with Crippen LogP contribution in [0.5, 0.6) is 0 Å². The first-order valence-corrected chi connectivity index (χ1v) is 12.2. The van der Waals surface area contributed by atoms with Gasteiger partial charge < -0.3 is 20.6 Å². The van der Waals surface area contributed by atoms with Crippen molar-refractivity contribution in [2.24, 2.45) is 11.3 Å². The van der Waals surface area contributed by atoms with E-state index in [4.69, 9.17) is 5.11 Å². The minimum Gasteiger partial charge on any atom is -0.480 e. The number of carbonyl (C=O) groups excluding carboxylic acids is 2. The second kappa shape index (κ2) is 12.5. The van der Waals surface area contributed by atoms with Gasteiger partial charge in [-0.05, 0) is 31.0 Å². The number of carboxylic acid groups (broad SMARTS) is 1. The van der Waals surface area contributed by atoms with E-state index >= 15 is 0 Å². The summed E-state index contributed by atoms with van der Waals surface area (Å²) in [5.41, 5.74) is -0.0334. The van der Waals surface area contributed by atoms with Crippen molar-refractivity contribution in [1.29, 1.82) is 0 Å². The molecule has 0 bridgehead atoms. The summed E-state index contributed by atoms with van der Waals surface area (Å²) in [6.07, 6.45) is 0. The predicted octanol–water partition coefficient (Wildman–Crippen LogP) is 2.58. The number of carbonyl (C=O) groups is 3. The molecule has 8 nitrogen and oxygen atoms in total. The van der Waals surface area contributed by atoms with Crippen molar-refractivity contribution in [2.45, 2.75) is 72.0 Å². The number of nitrogens with zero attached hydrogens (tertiary/aromatic N) is 2. The van der Waals surface area contributed by atoms with E-state index in [-0.39, 0.29) is 30.3 Å². The molecule has 8 heteroatoms. The molecule has 3 N–H and O–H groups in total. The normalized spacial score (nSPS) is 15.0. The van der Waals surface area contributed by atoms with E-state index in [9.17, 15) is 14.4 Å². The van der Waals surface area contributed by atoms with E-state index in [1.54, 1.807) is 30.9 Å². The van der Waals surface area contributed by atoms with Crippen LogP contribution in [0.3, 0.4) is 0 Å². The molecule has 0 saturated carbocycles. The molecule has 2 amide bonds. The van der Waals surface area contributed by atoms with Crippen LogP contribution in [0.4, 0.5) is 0 Å². The Bertz CT molecular complexity index is 848. The number of aliphatic carboxylic acids is 1. The summed E-state index contributed by atoms with van der Waals surface area (Å²) >= 11 is 0. The molecule has 1 unspecified atom stereocenters. The molecule has 35 heavy (non-hydrogen) atoms. The molecule has 0 aliphatic carbocycles. The summed E-state index contributed by atoms with van der Waals surface area (Å²) in [6, 6.07) is 8.31. The van der Waals surface area contributed by atoms with Gasteiger partial charge in [0.2, 0.25) is 11.8 Å². The third kappa shape index (κ3) is 8.32. The Morgan fingerprint density at radius 1 is 0.971 bits per heavy atom. The van der Waals surface area contributed by atoms with Gasteiger partial charge in [0.05, 0.1) is 12.6 Å². The van der Waals surface area contributed by atoms with Crippen LogP contribution in [0.15, 0.2) is 30.3 Å². The lowest BCUT2D eigenvalue weighted by molar-refractivity contribution is -0.142. The van der Waals surface area contributed by atoms with Crippen LogP contribution in [-0.4, -0.2) is 85.0 Å². The molecular weight excluding hydrogens is 444 g/mol. The van der Waals surface area contributed by atoms with Crippen LogP contribution in [0.1, 0.15) is 54.0 Å². The summed E-state index contributed by atoms with van der Waals surface area (Å²) in [5, 5.41) is 15.3. The minimum atomic E-state index is -0.914. The SMILES string of the molecule is CNC(C(=O)N[C@H](C(=O)N(C)[C@H](CN(C)CC(=O)O)C(C)C)C(C)(C)C)C(C)(C)c1ccccc1. The van der Waals surface area contributed by atoms with Gasteiger partial charge in [0.1, 0.15) is 6.04 Å². The second-order valence-electron chi connectivity index (χ2n) is 11.5. The van der Waals surface area contributed by atoms with Gasteiger partial charge >= 0.3 is 5.97 Å². The van der Waals surface area contributed by atoms with Gasteiger partial charge in [0.25, 0.3) is 0 Å². The van der Waals surface area contributed by atoms with Crippen LogP contribution in [0.2, 0.25) is 0 Å². The molecule has 0 aliphatic rings. The molecule has 0 saturated heterocycles. The molecule has 0 spiro atoms. The molecule has 0 heterocycles. The minimum absolute atomic E-state index is 0.0959. The second-order valence-corrected chi connectivity index (χ2v) is 11.5. The van der Waals surface area contributed by atoms with E-state index in [1.165, 1.54) is 0 Å². The molecule has 3 atom stereocenters. The van der Waals surface area contributed by atoms with Crippen LogP contribution in [-0.2, 0) is 19.8 Å². The third-order valence-corrected chi connectivity index (χ3v) is 6.71. The third-order valence-electron chi connectivity index (χ3n) is 6.71. The number of benzene rings is 1. The summed E-state index contributed by atoms with van der Waals surface area (Å²) in [4.78, 5) is 41.8. The first-order valence-electron chi connectivity index (χ1n) is 12.2. The summed E-state index contributed by atoms with van der Waals surface area (Å²) in [6.45, 7) is 14.1. The van der Waals surface area contributed by atoms with Crippen molar-refractivity contribution < 1.29 is 19.5 Å². The monoisotopic (exact) mass is 490 g/mol. The van der Waals surface area contributed by atoms with Crippen molar-refractivity contribution in [3.63, 3.8) is 0 Å². The smallest absolute Gasteiger partial charge is 0.317 e. The van der Waals surface area contributed by atoms with E-state index in [0.29, 0.717) is 6.54 Å².